The van der Waals surface area contributed by atoms with Crippen molar-refractivity contribution in [3.8, 4) is 6.07 Å². The van der Waals surface area contributed by atoms with E-state index < -0.39 is 0 Å². The van der Waals surface area contributed by atoms with Crippen LogP contribution in [0.15, 0.2) is 24.3 Å². The van der Waals surface area contributed by atoms with Gasteiger partial charge < -0.3 is 5.32 Å². The van der Waals surface area contributed by atoms with Crippen LogP contribution in [0.4, 0.5) is 0 Å². The maximum atomic E-state index is 8.39. The van der Waals surface area contributed by atoms with Crippen LogP contribution >= 0.6 is 0 Å². The SMILES string of the molecule is CC(C)Cc1ccc(CNCCC#N)cc1. The first-order chi connectivity index (χ1) is 7.72. The summed E-state index contributed by atoms with van der Waals surface area (Å²) in [6.45, 7) is 6.09. The van der Waals surface area contributed by atoms with E-state index in [1.807, 2.05) is 0 Å². The highest BCUT2D eigenvalue weighted by Crippen LogP contribution is 2.09. The molecule has 86 valence electrons. The van der Waals surface area contributed by atoms with Gasteiger partial charge in [-0.25, -0.2) is 0 Å². The highest BCUT2D eigenvalue weighted by molar-refractivity contribution is 5.22. The average Bonchev–Trinajstić information content (AvgIpc) is 2.26. The van der Waals surface area contributed by atoms with Gasteiger partial charge in [-0.05, 0) is 23.5 Å². The van der Waals surface area contributed by atoms with E-state index in [4.69, 9.17) is 5.26 Å². The minimum atomic E-state index is 0.575. The molecule has 0 bridgehead atoms. The molecule has 2 heteroatoms. The number of hydrogen-bond acceptors (Lipinski definition) is 2. The van der Waals surface area contributed by atoms with Crippen molar-refractivity contribution >= 4 is 0 Å². The Balaban J connectivity index is 2.37. The van der Waals surface area contributed by atoms with Crippen LogP contribution in [0.1, 0.15) is 31.4 Å². The molecular formula is C14H20N2. The predicted octanol–water partition coefficient (Wildman–Crippen LogP) is 2.89. The maximum Gasteiger partial charge on any atom is 0.0635 e. The molecule has 16 heavy (non-hydrogen) atoms. The standard InChI is InChI=1S/C14H20N2/c1-12(2)10-13-4-6-14(7-5-13)11-16-9-3-8-15/h4-7,12,16H,3,9-11H2,1-2H3. The van der Waals surface area contributed by atoms with E-state index in [0.717, 1.165) is 19.5 Å². The van der Waals surface area contributed by atoms with Crippen molar-refractivity contribution in [3.05, 3.63) is 35.4 Å². The number of nitriles is 1. The monoisotopic (exact) mass is 216 g/mol. The summed E-state index contributed by atoms with van der Waals surface area (Å²) in [6.07, 6.45) is 1.72. The van der Waals surface area contributed by atoms with Gasteiger partial charge in [0.15, 0.2) is 0 Å². The molecule has 1 rings (SSSR count). The Labute approximate surface area is 98.3 Å². The summed E-state index contributed by atoms with van der Waals surface area (Å²) in [5, 5.41) is 11.6. The Bertz CT molecular complexity index is 333. The molecule has 0 fully saturated rings. The average molecular weight is 216 g/mol. The van der Waals surface area contributed by atoms with Gasteiger partial charge >= 0.3 is 0 Å². The van der Waals surface area contributed by atoms with Crippen molar-refractivity contribution in [3.63, 3.8) is 0 Å². The Morgan fingerprint density at radius 3 is 2.38 bits per heavy atom. The highest BCUT2D eigenvalue weighted by Gasteiger charge is 1.98. The zero-order chi connectivity index (χ0) is 11.8. The Morgan fingerprint density at radius 2 is 1.81 bits per heavy atom. The second-order valence-corrected chi connectivity index (χ2v) is 4.50. The van der Waals surface area contributed by atoms with E-state index in [1.54, 1.807) is 0 Å². The number of nitrogens with zero attached hydrogens (tertiary/aromatic N) is 1. The fourth-order valence-corrected chi connectivity index (χ4v) is 1.64. The summed E-state index contributed by atoms with van der Waals surface area (Å²) in [7, 11) is 0. The summed E-state index contributed by atoms with van der Waals surface area (Å²) >= 11 is 0. The molecule has 1 aromatic rings. The van der Waals surface area contributed by atoms with Gasteiger partial charge in [0.05, 0.1) is 6.07 Å². The molecule has 0 spiro atoms. The fraction of sp³-hybridized carbons (Fsp3) is 0.500. The van der Waals surface area contributed by atoms with Crippen molar-refractivity contribution in [1.29, 1.82) is 5.26 Å². The van der Waals surface area contributed by atoms with Crippen molar-refractivity contribution in [2.75, 3.05) is 6.54 Å². The smallest absolute Gasteiger partial charge is 0.0635 e. The van der Waals surface area contributed by atoms with E-state index >= 15 is 0 Å². The molecule has 0 heterocycles. The maximum absolute atomic E-state index is 8.39. The van der Waals surface area contributed by atoms with Crippen LogP contribution in [-0.2, 0) is 13.0 Å². The molecule has 0 unspecified atom stereocenters. The lowest BCUT2D eigenvalue weighted by Crippen LogP contribution is -2.14. The molecule has 0 atom stereocenters. The number of rotatable bonds is 6. The Hall–Kier alpha value is -1.33. The number of nitrogens with one attached hydrogen (secondary N) is 1. The van der Waals surface area contributed by atoms with Crippen LogP contribution in [0.5, 0.6) is 0 Å². The van der Waals surface area contributed by atoms with Crippen molar-refractivity contribution in [1.82, 2.24) is 5.32 Å². The molecule has 0 saturated carbocycles. The molecular weight excluding hydrogens is 196 g/mol. The third kappa shape index (κ3) is 4.95. The van der Waals surface area contributed by atoms with Crippen molar-refractivity contribution in [2.24, 2.45) is 5.92 Å². The normalized spacial score (nSPS) is 10.4. The van der Waals surface area contributed by atoms with Crippen molar-refractivity contribution in [2.45, 2.75) is 33.2 Å². The van der Waals surface area contributed by atoms with E-state index in [1.165, 1.54) is 11.1 Å². The molecule has 0 amide bonds. The van der Waals surface area contributed by atoms with Gasteiger partial charge in [0.1, 0.15) is 0 Å². The van der Waals surface area contributed by atoms with Gasteiger partial charge in [0.2, 0.25) is 0 Å². The molecule has 0 saturated heterocycles. The summed E-state index contributed by atoms with van der Waals surface area (Å²) < 4.78 is 0. The third-order valence-corrected chi connectivity index (χ3v) is 2.41. The van der Waals surface area contributed by atoms with Gasteiger partial charge in [-0.2, -0.15) is 5.26 Å². The lowest BCUT2D eigenvalue weighted by atomic mass is 10.0. The zero-order valence-corrected chi connectivity index (χ0v) is 10.2. The molecule has 1 N–H and O–H groups in total. The summed E-state index contributed by atoms with van der Waals surface area (Å²) in [5.74, 6) is 0.708. The third-order valence-electron chi connectivity index (χ3n) is 2.41. The molecule has 1 aromatic carbocycles. The van der Waals surface area contributed by atoms with Crippen LogP contribution in [0.3, 0.4) is 0 Å². The second-order valence-electron chi connectivity index (χ2n) is 4.50. The molecule has 0 aliphatic carbocycles. The summed E-state index contributed by atoms with van der Waals surface area (Å²) in [6, 6.07) is 10.8. The largest absolute Gasteiger partial charge is 0.312 e. The minimum Gasteiger partial charge on any atom is -0.312 e. The Morgan fingerprint density at radius 1 is 1.19 bits per heavy atom. The highest BCUT2D eigenvalue weighted by atomic mass is 14.8. The van der Waals surface area contributed by atoms with E-state index in [2.05, 4.69) is 49.5 Å². The van der Waals surface area contributed by atoms with Gasteiger partial charge in [-0.15, -0.1) is 0 Å². The number of benzene rings is 1. The lowest BCUT2D eigenvalue weighted by Gasteiger charge is -2.07. The number of hydrogen-bond donors (Lipinski definition) is 1. The lowest BCUT2D eigenvalue weighted by molar-refractivity contribution is 0.646. The molecule has 0 aliphatic rings. The topological polar surface area (TPSA) is 35.8 Å². The molecule has 0 radical (unpaired) electrons. The van der Waals surface area contributed by atoms with Crippen LogP contribution in [0.25, 0.3) is 0 Å². The van der Waals surface area contributed by atoms with Crippen LogP contribution in [0, 0.1) is 17.2 Å². The minimum absolute atomic E-state index is 0.575. The van der Waals surface area contributed by atoms with Crippen LogP contribution in [0.2, 0.25) is 0 Å². The quantitative estimate of drug-likeness (QED) is 0.742. The fourth-order valence-electron chi connectivity index (χ4n) is 1.64. The van der Waals surface area contributed by atoms with Gasteiger partial charge in [-0.3, -0.25) is 0 Å². The summed E-state index contributed by atoms with van der Waals surface area (Å²) in [4.78, 5) is 0. The predicted molar refractivity (Wildman–Crippen MR) is 66.9 cm³/mol. The van der Waals surface area contributed by atoms with Crippen LogP contribution < -0.4 is 5.32 Å². The first-order valence-electron chi connectivity index (χ1n) is 5.88. The Kier molecular flexibility index (Phi) is 5.60. The molecule has 0 aliphatic heterocycles. The summed E-state index contributed by atoms with van der Waals surface area (Å²) in [5.41, 5.74) is 2.68. The molecule has 2 nitrogen and oxygen atoms in total. The molecule has 0 aromatic heterocycles. The van der Waals surface area contributed by atoms with Crippen LogP contribution in [-0.4, -0.2) is 6.54 Å². The first kappa shape index (κ1) is 12.7. The van der Waals surface area contributed by atoms with Crippen molar-refractivity contribution < 1.29 is 0 Å². The van der Waals surface area contributed by atoms with E-state index in [0.29, 0.717) is 12.3 Å². The van der Waals surface area contributed by atoms with Gasteiger partial charge in [0, 0.05) is 19.5 Å². The zero-order valence-electron chi connectivity index (χ0n) is 10.2. The van der Waals surface area contributed by atoms with E-state index in [9.17, 15) is 0 Å². The second kappa shape index (κ2) is 7.03. The first-order valence-corrected chi connectivity index (χ1v) is 5.88. The van der Waals surface area contributed by atoms with Gasteiger partial charge in [0.25, 0.3) is 0 Å². The van der Waals surface area contributed by atoms with Gasteiger partial charge in [-0.1, -0.05) is 38.1 Å². The van der Waals surface area contributed by atoms with E-state index in [-0.39, 0.29) is 0 Å².